The molecule has 5 atom stereocenters. The van der Waals surface area contributed by atoms with E-state index in [-0.39, 0.29) is 104 Å². The van der Waals surface area contributed by atoms with E-state index in [1.54, 1.807) is 79.2 Å². The van der Waals surface area contributed by atoms with E-state index in [0.717, 1.165) is 27.6 Å². The summed E-state index contributed by atoms with van der Waals surface area (Å²) < 4.78 is 29.3. The maximum Gasteiger partial charge on any atom is 0.524 e. The van der Waals surface area contributed by atoms with Crippen LogP contribution in [0.5, 0.6) is 11.5 Å². The van der Waals surface area contributed by atoms with Gasteiger partial charge in [0.2, 0.25) is 35.4 Å². The number of alkyl halides is 2. The van der Waals surface area contributed by atoms with Crippen LogP contribution in [0.3, 0.4) is 0 Å². The molecule has 508 valence electrons. The lowest BCUT2D eigenvalue weighted by molar-refractivity contribution is -0.205. The highest BCUT2D eigenvalue weighted by Gasteiger charge is 2.76. The predicted octanol–water partition coefficient (Wildman–Crippen LogP) is 6.46. The normalized spacial score (nSPS) is 19.4. The van der Waals surface area contributed by atoms with Gasteiger partial charge in [0.05, 0.1) is 33.2 Å². The summed E-state index contributed by atoms with van der Waals surface area (Å²) in [5.41, 5.74) is 15.6. The second kappa shape index (κ2) is 29.1. The smallest absolute Gasteiger partial charge is 0.466 e. The first-order valence-electron chi connectivity index (χ1n) is 31.1. The summed E-state index contributed by atoms with van der Waals surface area (Å²) in [6.07, 6.45) is 5.60. The van der Waals surface area contributed by atoms with E-state index < -0.39 is 78.4 Å². The zero-order valence-corrected chi connectivity index (χ0v) is 56.7. The van der Waals surface area contributed by atoms with Gasteiger partial charge < -0.3 is 81.6 Å². The van der Waals surface area contributed by atoms with Crippen molar-refractivity contribution in [1.82, 2.24) is 41.0 Å². The molecule has 5 aromatic rings. The first-order chi connectivity index (χ1) is 44.5. The maximum atomic E-state index is 15.0. The van der Waals surface area contributed by atoms with Crippen molar-refractivity contribution < 1.29 is 66.7 Å². The van der Waals surface area contributed by atoms with Crippen LogP contribution in [0.4, 0.5) is 26.7 Å². The summed E-state index contributed by atoms with van der Waals surface area (Å²) in [6, 6.07) is 6.10. The molecule has 0 saturated heterocycles. The third-order valence-corrected chi connectivity index (χ3v) is 19.8. The Morgan fingerprint density at radius 1 is 0.766 bits per heavy atom. The number of thiocarbonyl (C=S) groups is 1. The molecule has 0 radical (unpaired) electrons. The number of nitrogens with two attached hydrogens (primary N) is 2. The Morgan fingerprint density at radius 2 is 1.30 bits per heavy atom. The zero-order valence-electron chi connectivity index (χ0n) is 53.5. The summed E-state index contributed by atoms with van der Waals surface area (Å²) in [5, 5.41) is 15.0. The molecule has 27 nitrogen and oxygen atoms in total. The Hall–Kier alpha value is -7.72. The summed E-state index contributed by atoms with van der Waals surface area (Å²) >= 11 is 18.8. The number of nitrogens with zero attached hydrogens (tertiary/aromatic N) is 4. The fourth-order valence-electron chi connectivity index (χ4n) is 13.4. The third kappa shape index (κ3) is 15.0. The molecule has 3 aliphatic carbocycles. The maximum absolute atomic E-state index is 15.0. The number of carbonyl (C=O) groups excluding carboxylic acids is 8. The number of fused-ring (bicyclic) bond motifs is 6. The molecule has 94 heavy (non-hydrogen) atoms. The Bertz CT molecular complexity index is 3800. The van der Waals surface area contributed by atoms with Gasteiger partial charge in [-0.3, -0.25) is 38.6 Å². The van der Waals surface area contributed by atoms with Gasteiger partial charge in [0.1, 0.15) is 24.7 Å². The molecule has 4 heterocycles. The Labute approximate surface area is 558 Å². The largest absolute Gasteiger partial charge is 0.524 e. The number of urea groups is 1. The van der Waals surface area contributed by atoms with Crippen LogP contribution in [-0.4, -0.2) is 166 Å². The van der Waals surface area contributed by atoms with Crippen LogP contribution < -0.4 is 57.1 Å². The summed E-state index contributed by atoms with van der Waals surface area (Å²) in [4.78, 5) is 140. The molecule has 2 aromatic heterocycles. The number of aromatic amines is 2. The Balaban J connectivity index is 0.788. The number of halogens is 2. The van der Waals surface area contributed by atoms with E-state index in [9.17, 15) is 52.7 Å². The zero-order chi connectivity index (χ0) is 68.3. The lowest BCUT2D eigenvalue weighted by Gasteiger charge is -2.69. The number of hydrogen-bond acceptors (Lipinski definition) is 14. The number of aryl methyl sites for hydroxylation is 2. The first kappa shape index (κ1) is 70.6. The molecule has 3 aromatic carbocycles. The molecule has 31 heteroatoms. The highest BCUT2D eigenvalue weighted by atomic mass is 35.5. The second-order valence-corrected chi connectivity index (χ2v) is 27.6. The molecular formula is C63H82Cl2N13O14PS. The van der Waals surface area contributed by atoms with Gasteiger partial charge in [-0.2, -0.15) is 0 Å². The van der Waals surface area contributed by atoms with E-state index in [4.69, 9.17) is 60.9 Å². The standard InChI is InChI=1S/C63H82Cl2N13O14PS/c1-33(2)51(74-55(81)41(71-36(5)79)11-8-9-17-66)56(82)73-42(12-10-18-68-59(67)85)54(80)72-40-15-13-37(14-16-40)29-90-61(94)76(7)20-19-75(6)60(86)91-45-21-43-49(47-34(3)25-69-52(45)47)38(23-64)27-77(43)57(83)62-30-63(31-62,32-62)58(84)78-28-39(24-65)50-44(78)22-46(92-93(87,88)89)53-48(50)35(4)26-70-53/h13-16,21-22,25-26,33,38-39,41-42,51,69-70H,8-12,17-20,23-24,27-32,66H2,1-7H3,(H,71,79)(H,72,80)(H,73,82)(H,74,81)(H3,67,68,85)(H2,87,88,89)/t38-,39-,41+,42+,51+,62?,63?/m1/s1. The molecule has 0 spiro atoms. The van der Waals surface area contributed by atoms with Crippen molar-refractivity contribution in [3.05, 3.63) is 76.6 Å². The Kier molecular flexibility index (Phi) is 21.9. The van der Waals surface area contributed by atoms with Gasteiger partial charge in [-0.05, 0) is 130 Å². The fourth-order valence-corrected chi connectivity index (χ4v) is 14.5. The predicted molar refractivity (Wildman–Crippen MR) is 359 cm³/mol. The number of likely N-dealkylation sites (N-methyl/N-ethyl adjacent to an activating group) is 2. The van der Waals surface area contributed by atoms with Gasteiger partial charge in [-0.15, -0.1) is 23.2 Å². The van der Waals surface area contributed by atoms with Crippen LogP contribution in [0.25, 0.3) is 21.8 Å². The molecular weight excluding hydrogens is 1300 g/mol. The molecule has 0 unspecified atom stereocenters. The lowest BCUT2D eigenvalue weighted by Crippen LogP contribution is -2.73. The van der Waals surface area contributed by atoms with Crippen LogP contribution in [0.2, 0.25) is 0 Å². The first-order valence-corrected chi connectivity index (χ1v) is 34.2. The average Bonchev–Trinajstić information content (AvgIpc) is 0.898. The minimum atomic E-state index is -4.99. The number of H-pyrrole nitrogens is 2. The van der Waals surface area contributed by atoms with Gasteiger partial charge >= 0.3 is 19.9 Å². The number of aromatic nitrogens is 2. The molecule has 2 aliphatic heterocycles. The van der Waals surface area contributed by atoms with Crippen molar-refractivity contribution in [3.63, 3.8) is 0 Å². The van der Waals surface area contributed by atoms with E-state index in [0.29, 0.717) is 84.1 Å². The molecule has 3 fully saturated rings. The summed E-state index contributed by atoms with van der Waals surface area (Å²) in [7, 11) is -1.69. The van der Waals surface area contributed by atoms with Crippen LogP contribution >= 0.6 is 43.2 Å². The number of hydrogen-bond donors (Lipinski definition) is 11. The van der Waals surface area contributed by atoms with Gasteiger partial charge in [0, 0.05) is 118 Å². The number of amides is 9. The molecule has 5 aliphatic rings. The highest BCUT2D eigenvalue weighted by Crippen LogP contribution is 2.75. The van der Waals surface area contributed by atoms with Gasteiger partial charge in [0.25, 0.3) is 5.17 Å². The van der Waals surface area contributed by atoms with Crippen molar-refractivity contribution in [2.45, 2.75) is 123 Å². The number of unbranched alkanes of at least 4 members (excludes halogenated alkanes) is 1. The monoisotopic (exact) mass is 1380 g/mol. The minimum Gasteiger partial charge on any atom is -0.466 e. The Morgan fingerprint density at radius 3 is 1.82 bits per heavy atom. The number of phosphoric ester groups is 1. The van der Waals surface area contributed by atoms with E-state index in [1.807, 2.05) is 20.0 Å². The van der Waals surface area contributed by atoms with Crippen LogP contribution in [-0.2, 0) is 44.7 Å². The summed E-state index contributed by atoms with van der Waals surface area (Å²) in [5.74, 6) is -2.95. The van der Waals surface area contributed by atoms with Crippen molar-refractivity contribution in [3.8, 4) is 11.5 Å². The topological polar surface area (TPSA) is 379 Å². The second-order valence-electron chi connectivity index (χ2n) is 25.5. The van der Waals surface area contributed by atoms with Crippen molar-refractivity contribution in [2.24, 2.45) is 28.2 Å². The van der Waals surface area contributed by atoms with Crippen LogP contribution in [0.15, 0.2) is 48.8 Å². The SMILES string of the molecule is CC(=O)N[C@@H](CCCCN)C(=O)N[C@H](C(=O)N[C@@H](CCCNC(N)=O)C(=O)Nc1ccc(COC(=S)N(C)CCN(C)C(=O)Oc2cc3c(c4c(C)c[nH]c24)[C@H](CCl)CN3C(=O)C23CC(C(=O)N4C[C@@H](CCl)c5c4cc(OP(=O)(O)O)c4[nH]cc(C)c54)(C2)C3)cc1)C(C)C. The fraction of sp³-hybridized carbons (Fsp3) is 0.508. The van der Waals surface area contributed by atoms with E-state index in [1.165, 1.54) is 17.9 Å². The average molecular weight is 1380 g/mol. The number of primary amides is 1. The van der Waals surface area contributed by atoms with Crippen molar-refractivity contribution in [2.75, 3.05) is 80.2 Å². The number of anilines is 3. The highest BCUT2D eigenvalue weighted by molar-refractivity contribution is 7.80. The van der Waals surface area contributed by atoms with Crippen LogP contribution in [0.1, 0.15) is 112 Å². The van der Waals surface area contributed by atoms with Crippen molar-refractivity contribution >= 4 is 135 Å². The number of nitrogens with one attached hydrogen (secondary N) is 7. The third-order valence-electron chi connectivity index (χ3n) is 18.2. The van der Waals surface area contributed by atoms with Gasteiger partial charge in [-0.1, -0.05) is 26.0 Å². The number of phosphoric acid groups is 1. The molecule has 10 rings (SSSR count). The van der Waals surface area contributed by atoms with Crippen LogP contribution in [0, 0.1) is 30.6 Å². The number of ether oxygens (including phenoxy) is 2. The molecule has 2 bridgehead atoms. The van der Waals surface area contributed by atoms with Crippen molar-refractivity contribution in [1.29, 1.82) is 0 Å². The molecule has 3 saturated carbocycles. The number of benzene rings is 3. The van der Waals surface area contributed by atoms with Gasteiger partial charge in [0.15, 0.2) is 11.5 Å². The van der Waals surface area contributed by atoms with E-state index >= 15 is 0 Å². The minimum absolute atomic E-state index is 0.0519. The lowest BCUT2D eigenvalue weighted by atomic mass is 9.34. The number of rotatable bonds is 28. The number of carbonyl (C=O) groups is 8. The molecule has 13 N–H and O–H groups in total. The summed E-state index contributed by atoms with van der Waals surface area (Å²) in [6.45, 7) is 10.1. The molecule has 9 amide bonds. The van der Waals surface area contributed by atoms with Gasteiger partial charge in [-0.25, -0.2) is 14.2 Å². The van der Waals surface area contributed by atoms with E-state index in [2.05, 4.69) is 36.6 Å². The quantitative estimate of drug-likeness (QED) is 0.0111.